The van der Waals surface area contributed by atoms with Crippen LogP contribution in [0.2, 0.25) is 0 Å². The number of aromatic nitrogens is 3. The van der Waals surface area contributed by atoms with Gasteiger partial charge in [-0.3, -0.25) is 0 Å². The molecule has 1 saturated heterocycles. The molecule has 1 aromatic heterocycles. The zero-order valence-corrected chi connectivity index (χ0v) is 9.25. The first kappa shape index (κ1) is 10.7. The van der Waals surface area contributed by atoms with E-state index in [9.17, 15) is 13.5 Å². The third-order valence-corrected chi connectivity index (χ3v) is 5.12. The molecule has 4 N–H and O–H groups in total. The molecule has 9 heteroatoms. The maximum absolute atomic E-state index is 11.2. The Labute approximate surface area is 90.4 Å². The fourth-order valence-electron chi connectivity index (χ4n) is 1.36. The van der Waals surface area contributed by atoms with Crippen LogP contribution in [0.5, 0.6) is 0 Å². The molecule has 2 atom stereocenters. The summed E-state index contributed by atoms with van der Waals surface area (Å²) < 4.78 is 22.4. The summed E-state index contributed by atoms with van der Waals surface area (Å²) in [7, 11) is -3.13. The van der Waals surface area contributed by atoms with Gasteiger partial charge in [-0.2, -0.15) is 4.98 Å². The Morgan fingerprint density at radius 2 is 2.27 bits per heavy atom. The van der Waals surface area contributed by atoms with Crippen molar-refractivity contribution in [2.24, 2.45) is 0 Å². The SMILES string of the molecule is Nc1nc(SC2CS(=O)(=O)CC2O)n[nH]1. The average Bonchev–Trinajstić information content (AvgIpc) is 2.58. The van der Waals surface area contributed by atoms with E-state index in [0.717, 1.165) is 11.8 Å². The van der Waals surface area contributed by atoms with Crippen molar-refractivity contribution in [1.82, 2.24) is 15.2 Å². The van der Waals surface area contributed by atoms with Gasteiger partial charge in [0.25, 0.3) is 0 Å². The lowest BCUT2D eigenvalue weighted by Crippen LogP contribution is -2.20. The number of nitrogen functional groups attached to an aromatic ring is 1. The van der Waals surface area contributed by atoms with E-state index in [-0.39, 0.29) is 17.5 Å². The molecule has 84 valence electrons. The second-order valence-corrected chi connectivity index (χ2v) is 6.66. The Balaban J connectivity index is 2.08. The summed E-state index contributed by atoms with van der Waals surface area (Å²) in [6.45, 7) is 0. The van der Waals surface area contributed by atoms with E-state index in [4.69, 9.17) is 5.73 Å². The van der Waals surface area contributed by atoms with Crippen LogP contribution in [0, 0.1) is 0 Å². The van der Waals surface area contributed by atoms with Gasteiger partial charge in [-0.05, 0) is 0 Å². The molecule has 0 radical (unpaired) electrons. The molecule has 1 aromatic rings. The van der Waals surface area contributed by atoms with Crippen LogP contribution in [-0.2, 0) is 9.84 Å². The second kappa shape index (κ2) is 3.65. The van der Waals surface area contributed by atoms with Gasteiger partial charge in [0.1, 0.15) is 0 Å². The third kappa shape index (κ3) is 2.41. The first-order valence-electron chi connectivity index (χ1n) is 4.19. The Bertz CT molecular complexity index is 457. The number of rotatable bonds is 2. The molecule has 0 saturated carbocycles. The smallest absolute Gasteiger partial charge is 0.216 e. The molecule has 1 aliphatic rings. The standard InChI is InChI=1S/C6H10N4O3S2/c7-5-8-6(10-9-5)14-4-2-15(12,13)1-3(4)11/h3-4,11H,1-2H2,(H3,7,8,9,10). The largest absolute Gasteiger partial charge is 0.391 e. The average molecular weight is 250 g/mol. The fourth-order valence-corrected chi connectivity index (χ4v) is 4.76. The molecular weight excluding hydrogens is 240 g/mol. The quantitative estimate of drug-likeness (QED) is 0.592. The van der Waals surface area contributed by atoms with E-state index in [1.165, 1.54) is 0 Å². The highest BCUT2D eigenvalue weighted by Crippen LogP contribution is 2.29. The number of hydrogen-bond donors (Lipinski definition) is 3. The van der Waals surface area contributed by atoms with Crippen LogP contribution in [0.3, 0.4) is 0 Å². The lowest BCUT2D eigenvalue weighted by atomic mass is 10.3. The predicted molar refractivity (Wildman–Crippen MR) is 55.1 cm³/mol. The summed E-state index contributed by atoms with van der Waals surface area (Å²) in [5.74, 6) is -0.0643. The topological polar surface area (TPSA) is 122 Å². The highest BCUT2D eigenvalue weighted by atomic mass is 32.2. The minimum Gasteiger partial charge on any atom is -0.391 e. The van der Waals surface area contributed by atoms with Gasteiger partial charge in [-0.15, -0.1) is 5.10 Å². The Hall–Kier alpha value is -0.800. The number of aliphatic hydroxyl groups excluding tert-OH is 1. The number of thioether (sulfide) groups is 1. The monoisotopic (exact) mass is 250 g/mol. The number of hydrogen-bond acceptors (Lipinski definition) is 7. The Kier molecular flexibility index (Phi) is 2.61. The summed E-state index contributed by atoms with van der Waals surface area (Å²) in [5, 5.41) is 15.6. The van der Waals surface area contributed by atoms with Crippen molar-refractivity contribution in [1.29, 1.82) is 0 Å². The lowest BCUT2D eigenvalue weighted by Gasteiger charge is -2.08. The summed E-state index contributed by atoms with van der Waals surface area (Å²) in [6, 6.07) is 0. The van der Waals surface area contributed by atoms with Gasteiger partial charge < -0.3 is 10.8 Å². The fraction of sp³-hybridized carbons (Fsp3) is 0.667. The molecular formula is C6H10N4O3S2. The molecule has 1 fully saturated rings. The minimum absolute atomic E-state index is 0.0483. The molecule has 0 amide bonds. The number of nitrogens with one attached hydrogen (secondary N) is 1. The lowest BCUT2D eigenvalue weighted by molar-refractivity contribution is 0.207. The molecule has 0 spiro atoms. The van der Waals surface area contributed by atoms with E-state index in [1.807, 2.05) is 0 Å². The van der Waals surface area contributed by atoms with E-state index in [0.29, 0.717) is 5.16 Å². The van der Waals surface area contributed by atoms with Gasteiger partial charge in [-0.1, -0.05) is 11.8 Å². The first-order chi connectivity index (χ1) is 6.96. The molecule has 2 unspecified atom stereocenters. The number of aromatic amines is 1. The number of sulfone groups is 1. The zero-order valence-electron chi connectivity index (χ0n) is 7.62. The van der Waals surface area contributed by atoms with Crippen molar-refractivity contribution in [3.8, 4) is 0 Å². The van der Waals surface area contributed by atoms with Crippen LogP contribution < -0.4 is 5.73 Å². The second-order valence-electron chi connectivity index (χ2n) is 3.30. The summed E-state index contributed by atoms with van der Waals surface area (Å²) in [6.07, 6.45) is -0.861. The molecule has 2 heterocycles. The summed E-state index contributed by atoms with van der Waals surface area (Å²) in [4.78, 5) is 3.82. The van der Waals surface area contributed by atoms with Crippen LogP contribution in [0.15, 0.2) is 5.16 Å². The van der Waals surface area contributed by atoms with Crippen molar-refractivity contribution in [2.75, 3.05) is 17.2 Å². The van der Waals surface area contributed by atoms with Crippen LogP contribution in [0.4, 0.5) is 5.95 Å². The minimum atomic E-state index is -3.13. The van der Waals surface area contributed by atoms with E-state index in [2.05, 4.69) is 15.2 Å². The number of aliphatic hydroxyl groups is 1. The summed E-state index contributed by atoms with van der Waals surface area (Å²) in [5.41, 5.74) is 5.32. The molecule has 1 aliphatic heterocycles. The van der Waals surface area contributed by atoms with Gasteiger partial charge in [0, 0.05) is 0 Å². The number of nitrogens with two attached hydrogens (primary N) is 1. The molecule has 7 nitrogen and oxygen atoms in total. The maximum Gasteiger partial charge on any atom is 0.216 e. The van der Waals surface area contributed by atoms with E-state index in [1.54, 1.807) is 0 Å². The van der Waals surface area contributed by atoms with Crippen molar-refractivity contribution < 1.29 is 13.5 Å². The predicted octanol–water partition coefficient (Wildman–Crippen LogP) is -1.36. The van der Waals surface area contributed by atoms with Crippen LogP contribution in [0.1, 0.15) is 0 Å². The van der Waals surface area contributed by atoms with Crippen molar-refractivity contribution >= 4 is 27.5 Å². The highest BCUT2D eigenvalue weighted by Gasteiger charge is 2.37. The summed E-state index contributed by atoms with van der Waals surface area (Å²) >= 11 is 1.12. The van der Waals surface area contributed by atoms with Gasteiger partial charge in [-0.25, -0.2) is 13.5 Å². The van der Waals surface area contributed by atoms with Crippen LogP contribution >= 0.6 is 11.8 Å². The Morgan fingerprint density at radius 1 is 1.53 bits per heavy atom. The van der Waals surface area contributed by atoms with Gasteiger partial charge in [0.05, 0.1) is 22.9 Å². The van der Waals surface area contributed by atoms with Crippen LogP contribution in [0.25, 0.3) is 0 Å². The van der Waals surface area contributed by atoms with Gasteiger partial charge in [0.2, 0.25) is 11.1 Å². The number of anilines is 1. The highest BCUT2D eigenvalue weighted by molar-refractivity contribution is 8.01. The molecule has 0 aliphatic carbocycles. The van der Waals surface area contributed by atoms with Gasteiger partial charge >= 0.3 is 0 Å². The van der Waals surface area contributed by atoms with E-state index < -0.39 is 21.2 Å². The molecule has 0 aromatic carbocycles. The molecule has 0 bridgehead atoms. The normalized spacial score (nSPS) is 29.4. The van der Waals surface area contributed by atoms with Crippen molar-refractivity contribution in [2.45, 2.75) is 16.5 Å². The Morgan fingerprint density at radius 3 is 2.73 bits per heavy atom. The van der Waals surface area contributed by atoms with E-state index >= 15 is 0 Å². The zero-order chi connectivity index (χ0) is 11.1. The molecule has 15 heavy (non-hydrogen) atoms. The number of H-pyrrole nitrogens is 1. The van der Waals surface area contributed by atoms with Crippen molar-refractivity contribution in [3.63, 3.8) is 0 Å². The third-order valence-electron chi connectivity index (χ3n) is 2.01. The first-order valence-corrected chi connectivity index (χ1v) is 6.89. The maximum atomic E-state index is 11.2. The van der Waals surface area contributed by atoms with Crippen molar-refractivity contribution in [3.05, 3.63) is 0 Å². The van der Waals surface area contributed by atoms with Crippen LogP contribution in [-0.4, -0.2) is 51.6 Å². The van der Waals surface area contributed by atoms with Gasteiger partial charge in [0.15, 0.2) is 9.84 Å². The molecule has 2 rings (SSSR count). The number of nitrogens with zero attached hydrogens (tertiary/aromatic N) is 2.